The van der Waals surface area contributed by atoms with Gasteiger partial charge in [-0.15, -0.1) is 0 Å². The smallest absolute Gasteiger partial charge is 0.335 e. The second-order valence-electron chi connectivity index (χ2n) is 4.96. The minimum atomic E-state index is -1.01. The first-order valence-corrected chi connectivity index (χ1v) is 6.83. The molecular formula is C14H22N4O3. The fourth-order valence-corrected chi connectivity index (χ4v) is 1.70. The van der Waals surface area contributed by atoms with Gasteiger partial charge in [-0.1, -0.05) is 0 Å². The maximum Gasteiger partial charge on any atom is 0.335 e. The highest BCUT2D eigenvalue weighted by molar-refractivity contribution is 5.87. The van der Waals surface area contributed by atoms with Crippen molar-refractivity contribution in [3.8, 4) is 0 Å². The first-order chi connectivity index (χ1) is 9.99. The molecule has 116 valence electrons. The second kappa shape index (κ2) is 8.91. The van der Waals surface area contributed by atoms with Crippen LogP contribution in [0.15, 0.2) is 18.3 Å². The number of urea groups is 1. The lowest BCUT2D eigenvalue weighted by Crippen LogP contribution is -2.36. The van der Waals surface area contributed by atoms with Crippen molar-refractivity contribution in [1.29, 1.82) is 0 Å². The van der Waals surface area contributed by atoms with E-state index >= 15 is 0 Å². The van der Waals surface area contributed by atoms with E-state index in [2.05, 4.69) is 20.5 Å². The molecule has 0 unspecified atom stereocenters. The summed E-state index contributed by atoms with van der Waals surface area (Å²) in [6, 6.07) is 2.58. The minimum absolute atomic E-state index is 0.158. The zero-order chi connectivity index (χ0) is 15.7. The normalized spacial score (nSPS) is 10.4. The maximum absolute atomic E-state index is 11.6. The highest BCUT2D eigenvalue weighted by Crippen LogP contribution is 2.01. The molecular weight excluding hydrogens is 272 g/mol. The van der Waals surface area contributed by atoms with Crippen LogP contribution in [-0.2, 0) is 6.54 Å². The van der Waals surface area contributed by atoms with Crippen LogP contribution in [0.25, 0.3) is 0 Å². The first-order valence-electron chi connectivity index (χ1n) is 6.83. The molecule has 7 nitrogen and oxygen atoms in total. The fraction of sp³-hybridized carbons (Fsp3) is 0.500. The SMILES string of the molecule is CN(C)CCCCNC(=O)NCc1cc(C(=O)O)ccn1. The summed E-state index contributed by atoms with van der Waals surface area (Å²) < 4.78 is 0. The van der Waals surface area contributed by atoms with E-state index < -0.39 is 5.97 Å². The number of carbonyl (C=O) groups is 2. The molecule has 0 saturated carbocycles. The Bertz CT molecular complexity index is 477. The van der Waals surface area contributed by atoms with Crippen LogP contribution >= 0.6 is 0 Å². The van der Waals surface area contributed by atoms with Crippen LogP contribution in [0.2, 0.25) is 0 Å². The van der Waals surface area contributed by atoms with Crippen LogP contribution in [0.3, 0.4) is 0 Å². The van der Waals surface area contributed by atoms with Crippen molar-refractivity contribution in [3.05, 3.63) is 29.6 Å². The van der Waals surface area contributed by atoms with E-state index in [0.29, 0.717) is 12.2 Å². The Labute approximate surface area is 124 Å². The molecule has 7 heteroatoms. The van der Waals surface area contributed by atoms with Crippen LogP contribution in [0.1, 0.15) is 28.9 Å². The first kappa shape index (κ1) is 16.9. The largest absolute Gasteiger partial charge is 0.478 e. The van der Waals surface area contributed by atoms with Gasteiger partial charge in [0, 0.05) is 12.7 Å². The number of nitrogens with one attached hydrogen (secondary N) is 2. The molecule has 21 heavy (non-hydrogen) atoms. The zero-order valence-electron chi connectivity index (χ0n) is 12.4. The number of pyridine rings is 1. The van der Waals surface area contributed by atoms with Crippen molar-refractivity contribution in [1.82, 2.24) is 20.5 Å². The predicted molar refractivity (Wildman–Crippen MR) is 79.2 cm³/mol. The van der Waals surface area contributed by atoms with E-state index in [4.69, 9.17) is 5.11 Å². The standard InChI is InChI=1S/C14H22N4O3/c1-18(2)8-4-3-6-16-14(21)17-10-12-9-11(13(19)20)5-7-15-12/h5,7,9H,3-4,6,8,10H2,1-2H3,(H,19,20)(H2,16,17,21). The maximum atomic E-state index is 11.6. The minimum Gasteiger partial charge on any atom is -0.478 e. The van der Waals surface area contributed by atoms with Crippen molar-refractivity contribution in [3.63, 3.8) is 0 Å². The number of carboxylic acid groups (broad SMARTS) is 1. The number of carbonyl (C=O) groups excluding carboxylic acids is 1. The third kappa shape index (κ3) is 7.26. The van der Waals surface area contributed by atoms with Gasteiger partial charge in [0.2, 0.25) is 0 Å². The van der Waals surface area contributed by atoms with E-state index in [1.165, 1.54) is 18.3 Å². The Morgan fingerprint density at radius 1 is 1.29 bits per heavy atom. The molecule has 0 radical (unpaired) electrons. The number of hydrogen-bond acceptors (Lipinski definition) is 4. The topological polar surface area (TPSA) is 94.6 Å². The molecule has 0 bridgehead atoms. The Morgan fingerprint density at radius 2 is 2.05 bits per heavy atom. The molecule has 0 aliphatic rings. The van der Waals surface area contributed by atoms with Gasteiger partial charge in [0.1, 0.15) is 0 Å². The summed E-state index contributed by atoms with van der Waals surface area (Å²) in [4.78, 5) is 28.5. The summed E-state index contributed by atoms with van der Waals surface area (Å²) in [5.41, 5.74) is 0.670. The van der Waals surface area contributed by atoms with E-state index in [9.17, 15) is 9.59 Å². The third-order valence-corrected chi connectivity index (χ3v) is 2.81. The van der Waals surface area contributed by atoms with Gasteiger partial charge in [0.05, 0.1) is 17.8 Å². The summed E-state index contributed by atoms with van der Waals surface area (Å²) in [5, 5.41) is 14.3. The van der Waals surface area contributed by atoms with Crippen molar-refractivity contribution in [2.24, 2.45) is 0 Å². The van der Waals surface area contributed by atoms with Gasteiger partial charge in [-0.2, -0.15) is 0 Å². The molecule has 0 atom stereocenters. The Hall–Kier alpha value is -2.15. The molecule has 1 aromatic rings. The Balaban J connectivity index is 2.24. The highest BCUT2D eigenvalue weighted by atomic mass is 16.4. The van der Waals surface area contributed by atoms with Gasteiger partial charge in [-0.25, -0.2) is 9.59 Å². The second-order valence-corrected chi connectivity index (χ2v) is 4.96. The molecule has 1 rings (SSSR count). The summed E-state index contributed by atoms with van der Waals surface area (Å²) >= 11 is 0. The molecule has 0 aliphatic heterocycles. The quantitative estimate of drug-likeness (QED) is 0.620. The van der Waals surface area contributed by atoms with Gasteiger partial charge < -0.3 is 20.6 Å². The van der Waals surface area contributed by atoms with Crippen molar-refractivity contribution in [2.45, 2.75) is 19.4 Å². The molecule has 0 fully saturated rings. The Morgan fingerprint density at radius 3 is 2.71 bits per heavy atom. The highest BCUT2D eigenvalue weighted by Gasteiger charge is 2.05. The van der Waals surface area contributed by atoms with Crippen molar-refractivity contribution < 1.29 is 14.7 Å². The van der Waals surface area contributed by atoms with Crippen LogP contribution in [0, 0.1) is 0 Å². The number of unbranched alkanes of at least 4 members (excludes halogenated alkanes) is 1. The lowest BCUT2D eigenvalue weighted by atomic mass is 10.2. The third-order valence-electron chi connectivity index (χ3n) is 2.81. The van der Waals surface area contributed by atoms with Crippen LogP contribution in [0.4, 0.5) is 4.79 Å². The number of amides is 2. The summed E-state index contributed by atoms with van der Waals surface area (Å²) in [7, 11) is 4.02. The van der Waals surface area contributed by atoms with Crippen molar-refractivity contribution >= 4 is 12.0 Å². The number of nitrogens with zero attached hydrogens (tertiary/aromatic N) is 2. The summed E-state index contributed by atoms with van der Waals surface area (Å²) in [5.74, 6) is -1.01. The lowest BCUT2D eigenvalue weighted by molar-refractivity contribution is 0.0696. The van der Waals surface area contributed by atoms with Gasteiger partial charge in [0.15, 0.2) is 0 Å². The molecule has 0 aliphatic carbocycles. The lowest BCUT2D eigenvalue weighted by Gasteiger charge is -2.10. The van der Waals surface area contributed by atoms with Crippen LogP contribution in [-0.4, -0.2) is 54.2 Å². The molecule has 1 heterocycles. The molecule has 0 saturated heterocycles. The van der Waals surface area contributed by atoms with E-state index in [0.717, 1.165) is 19.4 Å². The molecule has 0 spiro atoms. The monoisotopic (exact) mass is 294 g/mol. The van der Waals surface area contributed by atoms with Gasteiger partial charge >= 0.3 is 12.0 Å². The summed E-state index contributed by atoms with van der Waals surface area (Å²) in [6.07, 6.45) is 3.35. The number of rotatable bonds is 8. The van der Waals surface area contributed by atoms with Gasteiger partial charge in [-0.05, 0) is 45.6 Å². The number of hydrogen-bond donors (Lipinski definition) is 3. The van der Waals surface area contributed by atoms with Crippen LogP contribution < -0.4 is 10.6 Å². The summed E-state index contributed by atoms with van der Waals surface area (Å²) in [6.45, 7) is 1.81. The van der Waals surface area contributed by atoms with E-state index in [-0.39, 0.29) is 18.1 Å². The van der Waals surface area contributed by atoms with Crippen molar-refractivity contribution in [2.75, 3.05) is 27.2 Å². The predicted octanol–water partition coefficient (Wildman–Crippen LogP) is 0.921. The van der Waals surface area contributed by atoms with E-state index in [1.807, 2.05) is 14.1 Å². The average Bonchev–Trinajstić information content (AvgIpc) is 2.44. The zero-order valence-corrected chi connectivity index (χ0v) is 12.4. The number of aromatic carboxylic acids is 1. The van der Waals surface area contributed by atoms with Gasteiger partial charge in [0.25, 0.3) is 0 Å². The van der Waals surface area contributed by atoms with E-state index in [1.54, 1.807) is 0 Å². The van der Waals surface area contributed by atoms with Crippen LogP contribution in [0.5, 0.6) is 0 Å². The number of carboxylic acids is 1. The molecule has 0 aromatic carbocycles. The molecule has 3 N–H and O–H groups in total. The molecule has 1 aromatic heterocycles. The number of aromatic nitrogens is 1. The Kier molecular flexibility index (Phi) is 7.17. The molecule has 2 amide bonds. The fourth-order valence-electron chi connectivity index (χ4n) is 1.70. The van der Waals surface area contributed by atoms with Gasteiger partial charge in [-0.3, -0.25) is 4.98 Å². The average molecular weight is 294 g/mol.